The molecule has 1 aliphatic carbocycles. The third-order valence-electron chi connectivity index (χ3n) is 3.81. The van der Waals surface area contributed by atoms with E-state index in [1.54, 1.807) is 0 Å². The van der Waals surface area contributed by atoms with E-state index in [1.165, 1.54) is 11.1 Å². The molecule has 0 aliphatic heterocycles. The third kappa shape index (κ3) is 2.17. The standard InChI is InChI=1S/C16H15N3/c17-10-14-9-13-8-12(11-4-2-1-3-5-11)6-7-15(13)19-16(14)18/h1-5,9,12H,6-8H2,(H2,18,19). The number of nitrogen functional groups attached to an aromatic ring is 1. The second-order valence-corrected chi connectivity index (χ2v) is 4.99. The summed E-state index contributed by atoms with van der Waals surface area (Å²) in [6.07, 6.45) is 2.97. The maximum absolute atomic E-state index is 9.03. The molecule has 1 atom stereocenters. The Kier molecular flexibility index (Phi) is 2.92. The summed E-state index contributed by atoms with van der Waals surface area (Å²) in [5.74, 6) is 0.880. The molecular weight excluding hydrogens is 234 g/mol. The quantitative estimate of drug-likeness (QED) is 0.845. The van der Waals surface area contributed by atoms with Crippen LogP contribution in [0.2, 0.25) is 0 Å². The largest absolute Gasteiger partial charge is 0.383 e. The lowest BCUT2D eigenvalue weighted by Crippen LogP contribution is -2.15. The second kappa shape index (κ2) is 4.74. The molecule has 94 valence electrons. The number of fused-ring (bicyclic) bond motifs is 1. The van der Waals surface area contributed by atoms with Crippen molar-refractivity contribution >= 4 is 5.82 Å². The first kappa shape index (κ1) is 11.7. The topological polar surface area (TPSA) is 62.7 Å². The van der Waals surface area contributed by atoms with E-state index in [9.17, 15) is 0 Å². The zero-order chi connectivity index (χ0) is 13.2. The highest BCUT2D eigenvalue weighted by molar-refractivity contribution is 5.51. The van der Waals surface area contributed by atoms with Gasteiger partial charge in [0.1, 0.15) is 11.9 Å². The zero-order valence-electron chi connectivity index (χ0n) is 10.6. The first-order chi connectivity index (χ1) is 9.28. The predicted molar refractivity (Wildman–Crippen MR) is 74.6 cm³/mol. The molecule has 0 radical (unpaired) electrons. The van der Waals surface area contributed by atoms with Gasteiger partial charge in [-0.3, -0.25) is 0 Å². The van der Waals surface area contributed by atoms with Crippen LogP contribution in [0.5, 0.6) is 0 Å². The smallest absolute Gasteiger partial charge is 0.141 e. The average Bonchev–Trinajstić information content (AvgIpc) is 2.47. The Hall–Kier alpha value is -2.34. The molecule has 2 N–H and O–H groups in total. The van der Waals surface area contributed by atoms with E-state index in [2.05, 4.69) is 35.3 Å². The van der Waals surface area contributed by atoms with Crippen LogP contribution in [0.4, 0.5) is 5.82 Å². The molecule has 3 heteroatoms. The number of aromatic nitrogens is 1. The van der Waals surface area contributed by atoms with Crippen LogP contribution in [-0.4, -0.2) is 4.98 Å². The first-order valence-corrected chi connectivity index (χ1v) is 6.51. The molecule has 3 nitrogen and oxygen atoms in total. The van der Waals surface area contributed by atoms with Crippen molar-refractivity contribution in [2.24, 2.45) is 0 Å². The highest BCUT2D eigenvalue weighted by atomic mass is 14.8. The minimum atomic E-state index is 0.361. The number of rotatable bonds is 1. The number of benzene rings is 1. The molecule has 0 saturated carbocycles. The number of nitrogens with two attached hydrogens (primary N) is 1. The van der Waals surface area contributed by atoms with Gasteiger partial charge in [0, 0.05) is 5.69 Å². The Morgan fingerprint density at radius 1 is 1.26 bits per heavy atom. The van der Waals surface area contributed by atoms with Gasteiger partial charge in [-0.1, -0.05) is 30.3 Å². The van der Waals surface area contributed by atoms with Crippen molar-refractivity contribution < 1.29 is 0 Å². The lowest BCUT2D eigenvalue weighted by Gasteiger charge is -2.24. The Morgan fingerprint density at radius 2 is 2.05 bits per heavy atom. The number of nitrogens with zero attached hydrogens (tertiary/aromatic N) is 2. The number of hydrogen-bond acceptors (Lipinski definition) is 3. The molecule has 3 rings (SSSR count). The van der Waals surface area contributed by atoms with Crippen molar-refractivity contribution in [3.63, 3.8) is 0 Å². The minimum absolute atomic E-state index is 0.361. The maximum atomic E-state index is 9.03. The molecule has 1 heterocycles. The van der Waals surface area contributed by atoms with Gasteiger partial charge in [0.05, 0.1) is 5.56 Å². The molecular formula is C16H15N3. The summed E-state index contributed by atoms with van der Waals surface area (Å²) in [5.41, 5.74) is 9.86. The van der Waals surface area contributed by atoms with E-state index in [-0.39, 0.29) is 0 Å². The highest BCUT2D eigenvalue weighted by Crippen LogP contribution is 2.32. The lowest BCUT2D eigenvalue weighted by atomic mass is 9.82. The molecule has 1 unspecified atom stereocenters. The van der Waals surface area contributed by atoms with Gasteiger partial charge in [-0.15, -0.1) is 0 Å². The molecule has 0 saturated heterocycles. The number of pyridine rings is 1. The Balaban J connectivity index is 1.94. The summed E-state index contributed by atoms with van der Waals surface area (Å²) >= 11 is 0. The second-order valence-electron chi connectivity index (χ2n) is 4.99. The molecule has 2 aromatic rings. The van der Waals surface area contributed by atoms with E-state index in [0.29, 0.717) is 17.3 Å². The van der Waals surface area contributed by atoms with Crippen molar-refractivity contribution in [3.05, 3.63) is 58.8 Å². The van der Waals surface area contributed by atoms with Crippen molar-refractivity contribution in [1.29, 1.82) is 5.26 Å². The summed E-state index contributed by atoms with van der Waals surface area (Å²) < 4.78 is 0. The van der Waals surface area contributed by atoms with Gasteiger partial charge in [0.2, 0.25) is 0 Å². The van der Waals surface area contributed by atoms with Crippen LogP contribution in [0, 0.1) is 11.3 Å². The fourth-order valence-electron chi connectivity index (χ4n) is 2.78. The molecule has 0 spiro atoms. The highest BCUT2D eigenvalue weighted by Gasteiger charge is 2.22. The molecule has 0 fully saturated rings. The predicted octanol–water partition coefficient (Wildman–Crippen LogP) is 2.81. The van der Waals surface area contributed by atoms with Crippen LogP contribution in [0.25, 0.3) is 0 Å². The fourth-order valence-corrected chi connectivity index (χ4v) is 2.78. The van der Waals surface area contributed by atoms with Crippen molar-refractivity contribution in [3.8, 4) is 6.07 Å². The van der Waals surface area contributed by atoms with Crippen molar-refractivity contribution in [2.45, 2.75) is 25.2 Å². The van der Waals surface area contributed by atoms with E-state index in [1.807, 2.05) is 12.1 Å². The van der Waals surface area contributed by atoms with Gasteiger partial charge in [0.25, 0.3) is 0 Å². The lowest BCUT2D eigenvalue weighted by molar-refractivity contribution is 0.575. The van der Waals surface area contributed by atoms with E-state index >= 15 is 0 Å². The third-order valence-corrected chi connectivity index (χ3v) is 3.81. The molecule has 1 aromatic carbocycles. The van der Waals surface area contributed by atoms with Gasteiger partial charge in [0.15, 0.2) is 0 Å². The van der Waals surface area contributed by atoms with Gasteiger partial charge in [-0.05, 0) is 42.4 Å². The van der Waals surface area contributed by atoms with Crippen LogP contribution in [0.15, 0.2) is 36.4 Å². The minimum Gasteiger partial charge on any atom is -0.383 e. The van der Waals surface area contributed by atoms with E-state index in [4.69, 9.17) is 11.0 Å². The van der Waals surface area contributed by atoms with E-state index < -0.39 is 0 Å². The monoisotopic (exact) mass is 249 g/mol. The summed E-state index contributed by atoms with van der Waals surface area (Å²) in [7, 11) is 0. The molecule has 1 aromatic heterocycles. The van der Waals surface area contributed by atoms with Crippen LogP contribution < -0.4 is 5.73 Å². The summed E-state index contributed by atoms with van der Waals surface area (Å²) in [5, 5.41) is 9.03. The van der Waals surface area contributed by atoms with Crippen LogP contribution in [-0.2, 0) is 12.8 Å². The van der Waals surface area contributed by atoms with Gasteiger partial charge in [-0.2, -0.15) is 5.26 Å². The summed E-state index contributed by atoms with van der Waals surface area (Å²) in [6.45, 7) is 0. The van der Waals surface area contributed by atoms with Crippen LogP contribution in [0.3, 0.4) is 0 Å². The maximum Gasteiger partial charge on any atom is 0.141 e. The normalized spacial score (nSPS) is 17.5. The van der Waals surface area contributed by atoms with E-state index in [0.717, 1.165) is 25.0 Å². The number of nitriles is 1. The first-order valence-electron chi connectivity index (χ1n) is 6.51. The Morgan fingerprint density at radius 3 is 2.79 bits per heavy atom. The Bertz CT molecular complexity index is 641. The molecule has 0 bridgehead atoms. The van der Waals surface area contributed by atoms with Crippen molar-refractivity contribution in [2.75, 3.05) is 5.73 Å². The molecule has 0 amide bonds. The van der Waals surface area contributed by atoms with Crippen LogP contribution >= 0.6 is 0 Å². The van der Waals surface area contributed by atoms with Crippen LogP contribution in [0.1, 0.15) is 34.7 Å². The number of anilines is 1. The fraction of sp³-hybridized carbons (Fsp3) is 0.250. The van der Waals surface area contributed by atoms with Gasteiger partial charge in [-0.25, -0.2) is 4.98 Å². The average molecular weight is 249 g/mol. The SMILES string of the molecule is N#Cc1cc2c(nc1N)CCC(c1ccccc1)C2. The zero-order valence-corrected chi connectivity index (χ0v) is 10.6. The molecule has 1 aliphatic rings. The van der Waals surface area contributed by atoms with Crippen molar-refractivity contribution in [1.82, 2.24) is 4.98 Å². The summed E-state index contributed by atoms with van der Waals surface area (Å²) in [6, 6.07) is 14.6. The van der Waals surface area contributed by atoms with Gasteiger partial charge < -0.3 is 5.73 Å². The summed E-state index contributed by atoms with van der Waals surface area (Å²) in [4.78, 5) is 4.37. The Labute approximate surface area is 112 Å². The van der Waals surface area contributed by atoms with Gasteiger partial charge >= 0.3 is 0 Å². The number of aryl methyl sites for hydroxylation is 1. The number of hydrogen-bond donors (Lipinski definition) is 1. The molecule has 19 heavy (non-hydrogen) atoms.